The van der Waals surface area contributed by atoms with Gasteiger partial charge in [0.2, 0.25) is 0 Å². The Balaban J connectivity index is 1.53. The maximum Gasteiger partial charge on any atom is 0.344 e. The SMILES string of the molecule is NCCc1ccc(OCC(=O)OCc2ccccc2)c(OCC(=O)OCc2ccccc2)c1. The van der Waals surface area contributed by atoms with Crippen LogP contribution in [0.15, 0.2) is 78.9 Å². The standard InChI is InChI=1S/C26H27NO6/c27-14-13-20-11-12-23(30-18-25(28)32-16-21-7-3-1-4-8-21)24(15-20)31-19-26(29)33-17-22-9-5-2-6-10-22/h1-12,15H,13-14,16-19,27H2. The van der Waals surface area contributed by atoms with Crippen LogP contribution in [0.5, 0.6) is 11.5 Å². The minimum atomic E-state index is -0.517. The average Bonchev–Trinajstić information content (AvgIpc) is 2.85. The van der Waals surface area contributed by atoms with E-state index >= 15 is 0 Å². The molecular formula is C26H27NO6. The van der Waals surface area contributed by atoms with Crippen LogP contribution in [-0.2, 0) is 38.7 Å². The van der Waals surface area contributed by atoms with Gasteiger partial charge in [0, 0.05) is 0 Å². The predicted molar refractivity (Wildman–Crippen MR) is 123 cm³/mol. The highest BCUT2D eigenvalue weighted by Crippen LogP contribution is 2.29. The molecule has 3 aromatic carbocycles. The summed E-state index contributed by atoms with van der Waals surface area (Å²) in [4.78, 5) is 24.2. The molecule has 3 aromatic rings. The monoisotopic (exact) mass is 449 g/mol. The fraction of sp³-hybridized carbons (Fsp3) is 0.231. The number of nitrogens with two attached hydrogens (primary N) is 1. The van der Waals surface area contributed by atoms with E-state index in [1.165, 1.54) is 0 Å². The summed E-state index contributed by atoms with van der Waals surface area (Å²) in [5, 5.41) is 0. The minimum absolute atomic E-state index is 0.160. The molecule has 7 nitrogen and oxygen atoms in total. The molecule has 0 aliphatic carbocycles. The highest BCUT2D eigenvalue weighted by Gasteiger charge is 2.13. The number of hydrogen-bond acceptors (Lipinski definition) is 7. The molecule has 0 amide bonds. The van der Waals surface area contributed by atoms with Gasteiger partial charge in [0.25, 0.3) is 0 Å². The van der Waals surface area contributed by atoms with E-state index in [4.69, 9.17) is 24.7 Å². The molecule has 0 aromatic heterocycles. The number of rotatable bonds is 12. The van der Waals surface area contributed by atoms with Gasteiger partial charge in [0.15, 0.2) is 24.7 Å². The number of benzene rings is 3. The highest BCUT2D eigenvalue weighted by molar-refractivity contribution is 5.72. The maximum absolute atomic E-state index is 12.1. The molecule has 0 aliphatic rings. The van der Waals surface area contributed by atoms with Crippen LogP contribution in [-0.4, -0.2) is 31.7 Å². The van der Waals surface area contributed by atoms with E-state index in [1.54, 1.807) is 12.1 Å². The fourth-order valence-electron chi connectivity index (χ4n) is 2.94. The van der Waals surface area contributed by atoms with E-state index in [-0.39, 0.29) is 26.4 Å². The zero-order chi connectivity index (χ0) is 23.3. The summed E-state index contributed by atoms with van der Waals surface area (Å²) in [6.45, 7) is 0.193. The van der Waals surface area contributed by atoms with E-state index in [2.05, 4.69) is 0 Å². The zero-order valence-corrected chi connectivity index (χ0v) is 18.3. The summed E-state index contributed by atoms with van der Waals surface area (Å²) >= 11 is 0. The van der Waals surface area contributed by atoms with Crippen LogP contribution in [0.4, 0.5) is 0 Å². The Bertz CT molecular complexity index is 1020. The Morgan fingerprint density at radius 1 is 0.636 bits per heavy atom. The highest BCUT2D eigenvalue weighted by atomic mass is 16.6. The van der Waals surface area contributed by atoms with Gasteiger partial charge in [0.05, 0.1) is 0 Å². The molecule has 0 radical (unpaired) electrons. The Morgan fingerprint density at radius 3 is 1.67 bits per heavy atom. The molecule has 2 N–H and O–H groups in total. The third kappa shape index (κ3) is 8.31. The molecule has 0 saturated carbocycles. The van der Waals surface area contributed by atoms with Crippen molar-refractivity contribution in [2.24, 2.45) is 5.73 Å². The van der Waals surface area contributed by atoms with E-state index in [0.29, 0.717) is 24.5 Å². The molecular weight excluding hydrogens is 422 g/mol. The number of carbonyl (C=O) groups excluding carboxylic acids is 2. The summed E-state index contributed by atoms with van der Waals surface area (Å²) in [6, 6.07) is 24.0. The third-order valence-corrected chi connectivity index (χ3v) is 4.62. The van der Waals surface area contributed by atoms with Crippen LogP contribution >= 0.6 is 0 Å². The van der Waals surface area contributed by atoms with Gasteiger partial charge in [-0.2, -0.15) is 0 Å². The van der Waals surface area contributed by atoms with Crippen LogP contribution in [0.1, 0.15) is 16.7 Å². The predicted octanol–water partition coefficient (Wildman–Crippen LogP) is 3.43. The van der Waals surface area contributed by atoms with Crippen LogP contribution in [0.2, 0.25) is 0 Å². The lowest BCUT2D eigenvalue weighted by molar-refractivity contribution is -0.148. The minimum Gasteiger partial charge on any atom is -0.478 e. The van der Waals surface area contributed by atoms with Crippen molar-refractivity contribution in [3.63, 3.8) is 0 Å². The van der Waals surface area contributed by atoms with Crippen molar-refractivity contribution in [3.8, 4) is 11.5 Å². The molecule has 7 heteroatoms. The van der Waals surface area contributed by atoms with Crippen molar-refractivity contribution in [2.75, 3.05) is 19.8 Å². The number of ether oxygens (including phenoxy) is 4. The largest absolute Gasteiger partial charge is 0.478 e. The molecule has 0 saturated heterocycles. The summed E-state index contributed by atoms with van der Waals surface area (Å²) in [5.41, 5.74) is 8.33. The van der Waals surface area contributed by atoms with Gasteiger partial charge in [-0.15, -0.1) is 0 Å². The lowest BCUT2D eigenvalue weighted by Gasteiger charge is -2.14. The van der Waals surface area contributed by atoms with Gasteiger partial charge < -0.3 is 24.7 Å². The van der Waals surface area contributed by atoms with Crippen molar-refractivity contribution in [1.82, 2.24) is 0 Å². The summed E-state index contributed by atoms with van der Waals surface area (Å²) in [6.07, 6.45) is 0.633. The van der Waals surface area contributed by atoms with E-state index in [0.717, 1.165) is 16.7 Å². The lowest BCUT2D eigenvalue weighted by Crippen LogP contribution is -2.17. The van der Waals surface area contributed by atoms with Crippen molar-refractivity contribution >= 4 is 11.9 Å². The van der Waals surface area contributed by atoms with Crippen LogP contribution in [0.25, 0.3) is 0 Å². The fourth-order valence-corrected chi connectivity index (χ4v) is 2.94. The van der Waals surface area contributed by atoms with Crippen LogP contribution < -0.4 is 15.2 Å². The van der Waals surface area contributed by atoms with Crippen molar-refractivity contribution < 1.29 is 28.5 Å². The number of hydrogen-bond donors (Lipinski definition) is 1. The average molecular weight is 450 g/mol. The second-order valence-electron chi connectivity index (χ2n) is 7.19. The smallest absolute Gasteiger partial charge is 0.344 e. The number of esters is 2. The number of carbonyl (C=O) groups is 2. The third-order valence-electron chi connectivity index (χ3n) is 4.62. The first kappa shape index (κ1) is 23.8. The first-order valence-electron chi connectivity index (χ1n) is 10.6. The molecule has 0 bridgehead atoms. The molecule has 0 heterocycles. The zero-order valence-electron chi connectivity index (χ0n) is 18.3. The Labute approximate surface area is 193 Å². The molecule has 0 fully saturated rings. The van der Waals surface area contributed by atoms with Gasteiger partial charge in [-0.25, -0.2) is 9.59 Å². The first-order valence-corrected chi connectivity index (χ1v) is 10.6. The van der Waals surface area contributed by atoms with E-state index in [9.17, 15) is 9.59 Å². The quantitative estimate of drug-likeness (QED) is 0.423. The summed E-state index contributed by atoms with van der Waals surface area (Å²) < 4.78 is 21.7. The molecule has 172 valence electrons. The first-order chi connectivity index (χ1) is 16.1. The normalized spacial score (nSPS) is 10.3. The van der Waals surface area contributed by atoms with Gasteiger partial charge in [-0.1, -0.05) is 66.7 Å². The topological polar surface area (TPSA) is 97.1 Å². The van der Waals surface area contributed by atoms with E-state index < -0.39 is 11.9 Å². The molecule has 33 heavy (non-hydrogen) atoms. The molecule has 0 spiro atoms. The molecule has 0 unspecified atom stereocenters. The van der Waals surface area contributed by atoms with Crippen molar-refractivity contribution in [3.05, 3.63) is 95.6 Å². The van der Waals surface area contributed by atoms with Gasteiger partial charge in [-0.3, -0.25) is 0 Å². The van der Waals surface area contributed by atoms with Crippen molar-refractivity contribution in [1.29, 1.82) is 0 Å². The maximum atomic E-state index is 12.1. The van der Waals surface area contributed by atoms with E-state index in [1.807, 2.05) is 66.7 Å². The lowest BCUT2D eigenvalue weighted by atomic mass is 10.1. The second-order valence-corrected chi connectivity index (χ2v) is 7.19. The summed E-state index contributed by atoms with van der Waals surface area (Å²) in [7, 11) is 0. The van der Waals surface area contributed by atoms with Gasteiger partial charge in [0.1, 0.15) is 13.2 Å². The molecule has 3 rings (SSSR count). The summed E-state index contributed by atoms with van der Waals surface area (Å²) in [5.74, 6) is -0.383. The van der Waals surface area contributed by atoms with Gasteiger partial charge in [-0.05, 0) is 41.8 Å². The Morgan fingerprint density at radius 2 is 1.15 bits per heavy atom. The Kier molecular flexibility index (Phi) is 9.29. The second kappa shape index (κ2) is 12.9. The van der Waals surface area contributed by atoms with Crippen LogP contribution in [0, 0.1) is 0 Å². The van der Waals surface area contributed by atoms with Crippen LogP contribution in [0.3, 0.4) is 0 Å². The molecule has 0 aliphatic heterocycles. The van der Waals surface area contributed by atoms with Gasteiger partial charge >= 0.3 is 11.9 Å². The Hall–Kier alpha value is -3.84. The van der Waals surface area contributed by atoms with Crippen molar-refractivity contribution in [2.45, 2.75) is 19.6 Å². The molecule has 0 atom stereocenters.